The zero-order valence-electron chi connectivity index (χ0n) is 12.6. The van der Waals surface area contributed by atoms with E-state index in [1.54, 1.807) is 20.2 Å². The Kier molecular flexibility index (Phi) is 5.07. The third kappa shape index (κ3) is 3.60. The molecule has 1 aromatic carbocycles. The Balaban J connectivity index is 2.23. The average Bonchev–Trinajstić information content (AvgIpc) is 2.52. The van der Waals surface area contributed by atoms with Crippen molar-refractivity contribution in [3.8, 4) is 11.5 Å². The summed E-state index contributed by atoms with van der Waals surface area (Å²) in [6.07, 6.45) is 1.57. The van der Waals surface area contributed by atoms with Gasteiger partial charge in [-0.2, -0.15) is 15.2 Å². The molecule has 1 heterocycles. The van der Waals surface area contributed by atoms with Crippen molar-refractivity contribution in [2.24, 2.45) is 5.10 Å². The number of para-hydroxylation sites is 1. The topological polar surface area (TPSA) is 101 Å². The number of benzene rings is 1. The molecule has 0 bridgehead atoms. The summed E-state index contributed by atoms with van der Waals surface area (Å²) in [5, 5.41) is 10.1. The van der Waals surface area contributed by atoms with Crippen molar-refractivity contribution < 1.29 is 9.47 Å². The molecule has 0 saturated carbocycles. The third-order valence-electron chi connectivity index (χ3n) is 2.77. The molecule has 0 fully saturated rings. The number of aryl methyl sites for hydroxylation is 1. The van der Waals surface area contributed by atoms with Gasteiger partial charge in [0, 0.05) is 5.56 Å². The minimum atomic E-state index is -0.542. The molecule has 0 aliphatic carbocycles. The molecule has 2 rings (SSSR count). The Bertz CT molecular complexity index is 727. The van der Waals surface area contributed by atoms with Gasteiger partial charge in [-0.05, 0) is 26.0 Å². The summed E-state index contributed by atoms with van der Waals surface area (Å²) in [6, 6.07) is 5.48. The summed E-state index contributed by atoms with van der Waals surface area (Å²) in [5.74, 6) is 1.52. The third-order valence-corrected chi connectivity index (χ3v) is 2.77. The van der Waals surface area contributed by atoms with Gasteiger partial charge in [0.1, 0.15) is 5.69 Å². The second-order valence-corrected chi connectivity index (χ2v) is 4.26. The van der Waals surface area contributed by atoms with Crippen molar-refractivity contribution in [3.63, 3.8) is 0 Å². The number of hydrazone groups is 1. The smallest absolute Gasteiger partial charge is 0.363 e. The normalized spacial score (nSPS) is 10.7. The van der Waals surface area contributed by atoms with E-state index in [0.29, 0.717) is 29.6 Å². The minimum absolute atomic E-state index is 0.292. The number of ether oxygens (including phenoxy) is 2. The largest absolute Gasteiger partial charge is 0.493 e. The highest BCUT2D eigenvalue weighted by atomic mass is 16.5. The van der Waals surface area contributed by atoms with Crippen molar-refractivity contribution in [2.75, 3.05) is 19.1 Å². The minimum Gasteiger partial charge on any atom is -0.493 e. The van der Waals surface area contributed by atoms with Crippen molar-refractivity contribution in [1.82, 2.24) is 15.2 Å². The van der Waals surface area contributed by atoms with Gasteiger partial charge in [0.05, 0.1) is 19.9 Å². The van der Waals surface area contributed by atoms with Crippen LogP contribution in [0.1, 0.15) is 18.2 Å². The monoisotopic (exact) mass is 303 g/mol. The molecule has 0 atom stereocenters. The van der Waals surface area contributed by atoms with Crippen LogP contribution in [-0.4, -0.2) is 35.1 Å². The van der Waals surface area contributed by atoms with Crippen LogP contribution in [0.5, 0.6) is 11.5 Å². The van der Waals surface area contributed by atoms with Crippen molar-refractivity contribution in [3.05, 3.63) is 39.9 Å². The maximum Gasteiger partial charge on any atom is 0.363 e. The molecule has 0 unspecified atom stereocenters. The lowest BCUT2D eigenvalue weighted by Gasteiger charge is -2.11. The maximum atomic E-state index is 11.1. The lowest BCUT2D eigenvalue weighted by molar-refractivity contribution is 0.310. The number of aromatic amines is 1. The van der Waals surface area contributed by atoms with E-state index in [2.05, 4.69) is 25.7 Å². The summed E-state index contributed by atoms with van der Waals surface area (Å²) < 4.78 is 10.8. The van der Waals surface area contributed by atoms with Crippen LogP contribution in [-0.2, 0) is 0 Å². The van der Waals surface area contributed by atoms with E-state index >= 15 is 0 Å². The van der Waals surface area contributed by atoms with Crippen LogP contribution >= 0.6 is 0 Å². The van der Waals surface area contributed by atoms with Crippen LogP contribution in [0.25, 0.3) is 0 Å². The van der Waals surface area contributed by atoms with Gasteiger partial charge in [-0.25, -0.2) is 9.89 Å². The Morgan fingerprint density at radius 2 is 2.27 bits per heavy atom. The lowest BCUT2D eigenvalue weighted by atomic mass is 10.2. The van der Waals surface area contributed by atoms with Crippen LogP contribution < -0.4 is 20.6 Å². The summed E-state index contributed by atoms with van der Waals surface area (Å²) in [6.45, 7) is 4.10. The number of hydrogen-bond acceptors (Lipinski definition) is 7. The van der Waals surface area contributed by atoms with Gasteiger partial charge in [-0.1, -0.05) is 6.07 Å². The number of rotatable bonds is 6. The standard InChI is InChI=1S/C14H17N5O3/c1-4-22-12-10(6-5-7-11(12)21-3)8-15-18-13-9(2)17-19-14(20)16-13/h5-8H,4H2,1-3H3,(H2,16,18,19,20)/b15-8+. The fraction of sp³-hybridized carbons (Fsp3) is 0.286. The molecule has 0 aliphatic rings. The van der Waals surface area contributed by atoms with E-state index in [1.807, 2.05) is 25.1 Å². The molecule has 0 aliphatic heterocycles. The summed E-state index contributed by atoms with van der Waals surface area (Å²) in [7, 11) is 1.58. The van der Waals surface area contributed by atoms with Crippen LogP contribution in [0, 0.1) is 6.92 Å². The molecule has 116 valence electrons. The molecule has 8 heteroatoms. The Morgan fingerprint density at radius 3 is 3.00 bits per heavy atom. The van der Waals surface area contributed by atoms with Gasteiger partial charge in [-0.3, -0.25) is 5.43 Å². The number of aromatic nitrogens is 3. The highest BCUT2D eigenvalue weighted by molar-refractivity contribution is 5.85. The fourth-order valence-corrected chi connectivity index (χ4v) is 1.75. The SMILES string of the molecule is CCOc1c(/C=N/Nc2nc(=O)[nH]nc2C)cccc1OC. The number of methoxy groups -OCH3 is 1. The number of nitrogens with one attached hydrogen (secondary N) is 2. The quantitative estimate of drug-likeness (QED) is 0.616. The van der Waals surface area contributed by atoms with Crippen molar-refractivity contribution in [2.45, 2.75) is 13.8 Å². The zero-order chi connectivity index (χ0) is 15.9. The maximum absolute atomic E-state index is 11.1. The van der Waals surface area contributed by atoms with Crippen molar-refractivity contribution in [1.29, 1.82) is 0 Å². The molecule has 0 spiro atoms. The highest BCUT2D eigenvalue weighted by Gasteiger charge is 2.08. The van der Waals surface area contributed by atoms with E-state index in [0.717, 1.165) is 5.56 Å². The first-order valence-corrected chi connectivity index (χ1v) is 6.68. The summed E-state index contributed by atoms with van der Waals surface area (Å²) in [5.41, 5.74) is 3.42. The van der Waals surface area contributed by atoms with E-state index < -0.39 is 5.69 Å². The molecule has 2 N–H and O–H groups in total. The second-order valence-electron chi connectivity index (χ2n) is 4.26. The molecule has 0 radical (unpaired) electrons. The van der Waals surface area contributed by atoms with Crippen LogP contribution in [0.3, 0.4) is 0 Å². The van der Waals surface area contributed by atoms with Crippen molar-refractivity contribution >= 4 is 12.0 Å². The Hall–Kier alpha value is -2.90. The van der Waals surface area contributed by atoms with E-state index in [4.69, 9.17) is 9.47 Å². The number of H-pyrrole nitrogens is 1. The predicted octanol–water partition coefficient (Wildman–Crippen LogP) is 1.33. The molecular formula is C14H17N5O3. The van der Waals surface area contributed by atoms with Gasteiger partial charge < -0.3 is 9.47 Å². The molecule has 0 saturated heterocycles. The number of hydrogen-bond donors (Lipinski definition) is 2. The van der Waals surface area contributed by atoms with Crippen LogP contribution in [0.4, 0.5) is 5.82 Å². The number of anilines is 1. The van der Waals surface area contributed by atoms with E-state index in [9.17, 15) is 4.79 Å². The Morgan fingerprint density at radius 1 is 1.45 bits per heavy atom. The molecule has 2 aromatic rings. The first-order valence-electron chi connectivity index (χ1n) is 6.68. The number of nitrogens with zero attached hydrogens (tertiary/aromatic N) is 3. The molecular weight excluding hydrogens is 286 g/mol. The van der Waals surface area contributed by atoms with Crippen LogP contribution in [0.2, 0.25) is 0 Å². The van der Waals surface area contributed by atoms with Gasteiger partial charge in [0.25, 0.3) is 0 Å². The first kappa shape index (κ1) is 15.5. The average molecular weight is 303 g/mol. The van der Waals surface area contributed by atoms with Gasteiger partial charge in [0.2, 0.25) is 0 Å². The highest BCUT2D eigenvalue weighted by Crippen LogP contribution is 2.29. The first-order chi connectivity index (χ1) is 10.7. The predicted molar refractivity (Wildman–Crippen MR) is 82.8 cm³/mol. The second kappa shape index (κ2) is 7.21. The van der Waals surface area contributed by atoms with Gasteiger partial charge in [-0.15, -0.1) is 0 Å². The van der Waals surface area contributed by atoms with Gasteiger partial charge in [0.15, 0.2) is 17.3 Å². The van der Waals surface area contributed by atoms with E-state index in [-0.39, 0.29) is 0 Å². The Labute approximate surface area is 127 Å². The molecule has 8 nitrogen and oxygen atoms in total. The summed E-state index contributed by atoms with van der Waals surface area (Å²) in [4.78, 5) is 14.9. The molecule has 1 aromatic heterocycles. The van der Waals surface area contributed by atoms with Gasteiger partial charge >= 0.3 is 5.69 Å². The summed E-state index contributed by atoms with van der Waals surface area (Å²) >= 11 is 0. The van der Waals surface area contributed by atoms with Crippen LogP contribution in [0.15, 0.2) is 28.1 Å². The zero-order valence-corrected chi connectivity index (χ0v) is 12.6. The lowest BCUT2D eigenvalue weighted by Crippen LogP contribution is -2.15. The molecule has 22 heavy (non-hydrogen) atoms. The molecule has 0 amide bonds. The van der Waals surface area contributed by atoms with E-state index in [1.165, 1.54) is 0 Å². The fourth-order valence-electron chi connectivity index (χ4n) is 1.75.